The Kier molecular flexibility index (Phi) is 6.70. The maximum atomic E-state index is 15.3. The quantitative estimate of drug-likeness (QED) is 0.204. The number of piperazine rings is 1. The summed E-state index contributed by atoms with van der Waals surface area (Å²) in [5.74, 6) is 2.84. The molecule has 0 spiro atoms. The highest BCUT2D eigenvalue weighted by Crippen LogP contribution is 2.47. The summed E-state index contributed by atoms with van der Waals surface area (Å²) in [6, 6.07) is 7.31. The fraction of sp³-hybridized carbons (Fsp3) is 0.351. The highest BCUT2D eigenvalue weighted by atomic mass is 32.1. The third kappa shape index (κ3) is 4.42. The van der Waals surface area contributed by atoms with Gasteiger partial charge in [-0.05, 0) is 61.4 Å². The van der Waals surface area contributed by atoms with E-state index in [1.807, 2.05) is 12.1 Å². The zero-order valence-electron chi connectivity index (χ0n) is 26.9. The third-order valence-electron chi connectivity index (χ3n) is 11.2. The first kappa shape index (κ1) is 30.1. The van der Waals surface area contributed by atoms with E-state index in [9.17, 15) is 9.50 Å². The van der Waals surface area contributed by atoms with Crippen molar-refractivity contribution in [1.29, 1.82) is 0 Å². The molecular weight excluding hydrogens is 659 g/mol. The second kappa shape index (κ2) is 11.1. The number of fused-ring (bicyclic) bond motifs is 8. The Hall–Kier alpha value is -4.74. The maximum Gasteiger partial charge on any atom is 0.319 e. The van der Waals surface area contributed by atoms with Crippen LogP contribution in [0, 0.1) is 18.2 Å². The van der Waals surface area contributed by atoms with Gasteiger partial charge in [0.1, 0.15) is 23.1 Å². The van der Waals surface area contributed by atoms with Gasteiger partial charge in [0.2, 0.25) is 0 Å². The van der Waals surface area contributed by atoms with E-state index >= 15 is 4.39 Å². The number of aliphatic hydroxyl groups is 1. The number of anilines is 1. The highest BCUT2D eigenvalue weighted by Gasteiger charge is 2.47. The largest absolute Gasteiger partial charge is 0.461 e. The topological polar surface area (TPSA) is 115 Å². The minimum absolute atomic E-state index is 0.0808. The number of hydrogen-bond acceptors (Lipinski definition) is 10. The van der Waals surface area contributed by atoms with Crippen molar-refractivity contribution in [3.05, 3.63) is 59.9 Å². The summed E-state index contributed by atoms with van der Waals surface area (Å²) in [6.45, 7) is 3.12. The lowest BCUT2D eigenvalue weighted by atomic mass is 9.93. The molecule has 4 aliphatic rings. The molecule has 0 amide bonds. The van der Waals surface area contributed by atoms with E-state index in [1.165, 1.54) is 17.4 Å². The number of aliphatic hydroxyl groups excluding tert-OH is 1. The van der Waals surface area contributed by atoms with Gasteiger partial charge in [-0.1, -0.05) is 12.0 Å². The molecule has 4 saturated heterocycles. The molecular formula is C37H32F2N8O2S. The number of H-pyrrole nitrogens is 1. The first-order valence-corrected chi connectivity index (χ1v) is 17.7. The SMILES string of the molecule is C#Cc1c(F)ccc2cc3[nH]ncc3c(-c3nccc4c3sc3nc(OC[C@@]56CCCN5C/C(=C\F)C6)nc(N5C[C@@H]6C[C@H](O)[C@H](C5)N6)c34)c12. The lowest BCUT2D eigenvalue weighted by Gasteiger charge is -2.34. The van der Waals surface area contributed by atoms with Crippen molar-refractivity contribution in [1.82, 2.24) is 35.4 Å². The van der Waals surface area contributed by atoms with Crippen molar-refractivity contribution in [2.75, 3.05) is 37.7 Å². The Labute approximate surface area is 289 Å². The fourth-order valence-corrected chi connectivity index (χ4v) is 10.1. The van der Waals surface area contributed by atoms with E-state index in [4.69, 9.17) is 26.1 Å². The molecule has 0 aliphatic carbocycles. The number of benzene rings is 2. The van der Waals surface area contributed by atoms with Gasteiger partial charge in [-0.15, -0.1) is 17.8 Å². The number of rotatable bonds is 5. The number of hydrogen-bond donors (Lipinski definition) is 3. The zero-order chi connectivity index (χ0) is 33.7. The minimum atomic E-state index is -0.477. The molecule has 0 saturated carbocycles. The first-order chi connectivity index (χ1) is 24.4. The standard InChI is InChI=1S/C37H32F2N8O2S/c1-2-22-25(39)5-4-20-10-26-24(14-41-45-26)30(29(20)22)32-33-23(6-8-40-32)31-34(46-16-21-11-28(48)27(17-46)42-21)43-36(44-35(31)50-33)49-18-37-7-3-9-47(37)15-19(12-37)13-38/h1,4-6,8,10,13-14,21,27-28,42,48H,3,7,9,11-12,15-18H2,(H,41,45)/b19-13-/t21-,27-,28-,37-/m0/s1. The first-order valence-electron chi connectivity index (χ1n) is 16.9. The van der Waals surface area contributed by atoms with E-state index < -0.39 is 11.9 Å². The number of aromatic amines is 1. The Morgan fingerprint density at radius 1 is 1.20 bits per heavy atom. The number of thiophene rings is 1. The van der Waals surface area contributed by atoms with Crippen LogP contribution in [0.25, 0.3) is 53.2 Å². The summed E-state index contributed by atoms with van der Waals surface area (Å²) in [6.07, 6.45) is 13.0. The zero-order valence-corrected chi connectivity index (χ0v) is 27.7. The van der Waals surface area contributed by atoms with Gasteiger partial charge >= 0.3 is 6.01 Å². The number of nitrogens with zero attached hydrogens (tertiary/aromatic N) is 6. The molecule has 13 heteroatoms. The van der Waals surface area contributed by atoms with Gasteiger partial charge in [-0.2, -0.15) is 15.1 Å². The van der Waals surface area contributed by atoms with E-state index in [2.05, 4.69) is 31.2 Å². The van der Waals surface area contributed by atoms with Crippen molar-refractivity contribution < 1.29 is 18.6 Å². The van der Waals surface area contributed by atoms with Crippen LogP contribution in [0.2, 0.25) is 0 Å². The molecule has 4 fully saturated rings. The molecule has 8 heterocycles. The summed E-state index contributed by atoms with van der Waals surface area (Å²) in [4.78, 5) is 20.3. The van der Waals surface area contributed by atoms with Crippen LogP contribution in [0.5, 0.6) is 6.01 Å². The molecule has 4 atom stereocenters. The number of terminal acetylenes is 1. The summed E-state index contributed by atoms with van der Waals surface area (Å²) in [5.41, 5.74) is 2.81. The molecule has 50 heavy (non-hydrogen) atoms. The molecule has 252 valence electrons. The summed E-state index contributed by atoms with van der Waals surface area (Å²) in [7, 11) is 0. The maximum absolute atomic E-state index is 15.3. The second-order valence-corrected chi connectivity index (χ2v) is 15.1. The molecule has 2 bridgehead atoms. The highest BCUT2D eigenvalue weighted by molar-refractivity contribution is 7.26. The number of aromatic nitrogens is 5. The van der Waals surface area contributed by atoms with E-state index in [0.29, 0.717) is 55.7 Å². The fourth-order valence-electron chi connectivity index (χ4n) is 8.94. The predicted molar refractivity (Wildman–Crippen MR) is 190 cm³/mol. The number of pyridine rings is 1. The van der Waals surface area contributed by atoms with Crippen LogP contribution in [-0.2, 0) is 0 Å². The molecule has 4 aliphatic heterocycles. The molecule has 0 unspecified atom stereocenters. The molecule has 0 radical (unpaired) electrons. The van der Waals surface area contributed by atoms with Gasteiger partial charge in [-0.25, -0.2) is 8.78 Å². The van der Waals surface area contributed by atoms with E-state index in [-0.39, 0.29) is 29.2 Å². The van der Waals surface area contributed by atoms with Crippen LogP contribution in [0.4, 0.5) is 14.6 Å². The van der Waals surface area contributed by atoms with Crippen molar-refractivity contribution in [3.63, 3.8) is 0 Å². The summed E-state index contributed by atoms with van der Waals surface area (Å²) in [5, 5.41) is 25.6. The molecule has 4 aromatic heterocycles. The van der Waals surface area contributed by atoms with E-state index in [1.54, 1.807) is 18.5 Å². The molecule has 6 aromatic rings. The average molecular weight is 691 g/mol. The van der Waals surface area contributed by atoms with Gasteiger partial charge < -0.3 is 20.1 Å². The van der Waals surface area contributed by atoms with Crippen LogP contribution in [0.3, 0.4) is 0 Å². The van der Waals surface area contributed by atoms with Crippen LogP contribution < -0.4 is 15.0 Å². The summed E-state index contributed by atoms with van der Waals surface area (Å²) >= 11 is 1.48. The van der Waals surface area contributed by atoms with Crippen molar-refractivity contribution in [3.8, 4) is 29.6 Å². The summed E-state index contributed by atoms with van der Waals surface area (Å²) < 4.78 is 36.2. The van der Waals surface area contributed by atoms with Gasteiger partial charge in [0.25, 0.3) is 0 Å². The lowest BCUT2D eigenvalue weighted by molar-refractivity contribution is 0.108. The van der Waals surface area contributed by atoms with Gasteiger partial charge in [-0.3, -0.25) is 15.0 Å². The molecule has 10 rings (SSSR count). The molecule has 2 aromatic carbocycles. The van der Waals surface area contributed by atoms with Gasteiger partial charge in [0.15, 0.2) is 0 Å². The van der Waals surface area contributed by atoms with Crippen molar-refractivity contribution >= 4 is 59.1 Å². The molecule has 3 N–H and O–H groups in total. The Bertz CT molecular complexity index is 2450. The monoisotopic (exact) mass is 690 g/mol. The van der Waals surface area contributed by atoms with Crippen LogP contribution in [-0.4, -0.2) is 91.7 Å². The van der Waals surface area contributed by atoms with Crippen LogP contribution >= 0.6 is 11.3 Å². The molecule has 10 nitrogen and oxygen atoms in total. The Morgan fingerprint density at radius 2 is 2.12 bits per heavy atom. The smallest absolute Gasteiger partial charge is 0.319 e. The van der Waals surface area contributed by atoms with Crippen molar-refractivity contribution in [2.45, 2.75) is 49.4 Å². The van der Waals surface area contributed by atoms with Gasteiger partial charge in [0, 0.05) is 53.6 Å². The average Bonchev–Trinajstić information content (AvgIpc) is 3.94. The van der Waals surface area contributed by atoms with Gasteiger partial charge in [0.05, 0.1) is 57.1 Å². The number of ether oxygens (including phenoxy) is 1. The van der Waals surface area contributed by atoms with Crippen LogP contribution in [0.1, 0.15) is 31.2 Å². The Morgan fingerprint density at radius 3 is 2.98 bits per heavy atom. The van der Waals surface area contributed by atoms with E-state index in [0.717, 1.165) is 73.7 Å². The normalized spacial score (nSPS) is 25.8. The number of nitrogens with one attached hydrogen (secondary N) is 2. The third-order valence-corrected chi connectivity index (χ3v) is 12.3. The Balaban J connectivity index is 1.17. The number of halogens is 2. The second-order valence-electron chi connectivity index (χ2n) is 14.1. The predicted octanol–water partition coefficient (Wildman–Crippen LogP) is 5.44. The van der Waals surface area contributed by atoms with Crippen LogP contribution in [0.15, 0.2) is 48.6 Å². The lowest BCUT2D eigenvalue weighted by Crippen LogP contribution is -2.53. The van der Waals surface area contributed by atoms with Crippen molar-refractivity contribution in [2.24, 2.45) is 0 Å². The minimum Gasteiger partial charge on any atom is -0.461 e.